The number of fused-ring (bicyclic) bond motifs is 1. The van der Waals surface area contributed by atoms with Crippen LogP contribution in [0.15, 0.2) is 40.2 Å². The number of aromatic amines is 1. The number of allylic oxidation sites excluding steroid dienone is 1. The third-order valence-electron chi connectivity index (χ3n) is 3.57. The summed E-state index contributed by atoms with van der Waals surface area (Å²) < 4.78 is 6.46. The molecule has 2 aromatic rings. The molecule has 0 bridgehead atoms. The van der Waals surface area contributed by atoms with Gasteiger partial charge in [-0.25, -0.2) is 0 Å². The molecule has 106 valence electrons. The normalized spacial score (nSPS) is 17.1. The predicted octanol–water partition coefficient (Wildman–Crippen LogP) is 2.95. The van der Waals surface area contributed by atoms with Crippen LogP contribution < -0.4 is 10.5 Å². The van der Waals surface area contributed by atoms with Gasteiger partial charge in [-0.3, -0.25) is 5.10 Å². The Morgan fingerprint density at radius 3 is 2.76 bits per heavy atom. The Labute approximate surface area is 130 Å². The number of hydrogen-bond acceptors (Lipinski definition) is 4. The molecule has 0 radical (unpaired) electrons. The highest BCUT2D eigenvalue weighted by Crippen LogP contribution is 2.42. The monoisotopic (exact) mass is 344 g/mol. The fourth-order valence-corrected chi connectivity index (χ4v) is 2.83. The third kappa shape index (κ3) is 2.20. The van der Waals surface area contributed by atoms with Gasteiger partial charge in [-0.2, -0.15) is 5.26 Å². The Morgan fingerprint density at radius 2 is 2.14 bits per heavy atom. The van der Waals surface area contributed by atoms with Crippen LogP contribution in [-0.4, -0.2) is 10.2 Å². The van der Waals surface area contributed by atoms with Crippen LogP contribution in [0, 0.1) is 11.3 Å². The van der Waals surface area contributed by atoms with Crippen molar-refractivity contribution in [3.8, 4) is 11.9 Å². The molecule has 0 saturated carbocycles. The lowest BCUT2D eigenvalue weighted by Gasteiger charge is -2.23. The minimum atomic E-state index is -0.249. The summed E-state index contributed by atoms with van der Waals surface area (Å²) >= 11 is 3.42. The number of aromatic nitrogens is 2. The van der Waals surface area contributed by atoms with Crippen LogP contribution in [0.1, 0.15) is 29.7 Å². The average molecular weight is 345 g/mol. The molecule has 1 aliphatic rings. The summed E-state index contributed by atoms with van der Waals surface area (Å²) in [5, 5.41) is 16.6. The van der Waals surface area contributed by atoms with Crippen molar-refractivity contribution in [2.24, 2.45) is 5.73 Å². The number of hydrogen-bond donors (Lipinski definition) is 2. The number of nitriles is 1. The number of H-pyrrole nitrogens is 1. The fourth-order valence-electron chi connectivity index (χ4n) is 2.57. The molecule has 1 unspecified atom stereocenters. The summed E-state index contributed by atoms with van der Waals surface area (Å²) in [6.07, 6.45) is 0.775. The molecule has 1 atom stereocenters. The van der Waals surface area contributed by atoms with Crippen LogP contribution >= 0.6 is 15.9 Å². The van der Waals surface area contributed by atoms with Crippen molar-refractivity contribution in [1.82, 2.24) is 10.2 Å². The molecule has 5 nitrogen and oxygen atoms in total. The number of nitrogens with one attached hydrogen (secondary N) is 1. The first-order chi connectivity index (χ1) is 10.2. The van der Waals surface area contributed by atoms with Crippen molar-refractivity contribution >= 4 is 15.9 Å². The molecule has 21 heavy (non-hydrogen) atoms. The van der Waals surface area contributed by atoms with Crippen LogP contribution in [0.2, 0.25) is 0 Å². The summed E-state index contributed by atoms with van der Waals surface area (Å²) in [6, 6.07) is 10.0. The van der Waals surface area contributed by atoms with E-state index >= 15 is 0 Å². The minimum absolute atomic E-state index is 0.118. The molecule has 1 aromatic carbocycles. The van der Waals surface area contributed by atoms with Gasteiger partial charge in [0, 0.05) is 15.7 Å². The molecule has 1 aliphatic heterocycles. The summed E-state index contributed by atoms with van der Waals surface area (Å²) in [4.78, 5) is 0. The summed E-state index contributed by atoms with van der Waals surface area (Å²) in [6.45, 7) is 2.03. The van der Waals surface area contributed by atoms with Gasteiger partial charge >= 0.3 is 0 Å². The maximum Gasteiger partial charge on any atom is 0.244 e. The van der Waals surface area contributed by atoms with Crippen molar-refractivity contribution < 1.29 is 4.74 Å². The Bertz CT molecular complexity index is 755. The highest BCUT2D eigenvalue weighted by molar-refractivity contribution is 9.10. The van der Waals surface area contributed by atoms with E-state index in [4.69, 9.17) is 10.5 Å². The van der Waals surface area contributed by atoms with E-state index in [0.717, 1.165) is 27.7 Å². The topological polar surface area (TPSA) is 87.7 Å². The third-order valence-corrected chi connectivity index (χ3v) is 4.10. The maximum atomic E-state index is 9.47. The fraction of sp³-hybridized carbons (Fsp3) is 0.200. The van der Waals surface area contributed by atoms with Crippen molar-refractivity contribution in [2.45, 2.75) is 19.3 Å². The van der Waals surface area contributed by atoms with Crippen LogP contribution in [0.25, 0.3) is 0 Å². The second kappa shape index (κ2) is 5.26. The predicted molar refractivity (Wildman–Crippen MR) is 81.4 cm³/mol. The van der Waals surface area contributed by atoms with Gasteiger partial charge in [-0.1, -0.05) is 35.0 Å². The second-order valence-electron chi connectivity index (χ2n) is 4.75. The van der Waals surface area contributed by atoms with E-state index in [-0.39, 0.29) is 11.8 Å². The SMILES string of the molecule is CCc1[nH]nc2c1C(c1ccc(Br)cc1)C(C#N)=C(N)O2. The van der Waals surface area contributed by atoms with Gasteiger partial charge < -0.3 is 10.5 Å². The zero-order valence-electron chi connectivity index (χ0n) is 11.4. The molecule has 0 fully saturated rings. The Hall–Kier alpha value is -2.26. The Balaban J connectivity index is 2.22. The largest absolute Gasteiger partial charge is 0.420 e. The number of aryl methyl sites for hydroxylation is 1. The summed E-state index contributed by atoms with van der Waals surface area (Å²) in [5.41, 5.74) is 9.14. The zero-order valence-corrected chi connectivity index (χ0v) is 12.9. The summed E-state index contributed by atoms with van der Waals surface area (Å²) in [5.74, 6) is 0.323. The number of nitrogens with two attached hydrogens (primary N) is 1. The standard InChI is InChI=1S/C15H13BrN4O/c1-2-11-13-12(8-3-5-9(16)6-4-8)10(7-17)14(18)21-15(13)20-19-11/h3-6,12H,2,18H2,1H3,(H,19,20). The number of halogens is 1. The van der Waals surface area contributed by atoms with Crippen molar-refractivity contribution in [3.05, 3.63) is 57.0 Å². The molecule has 2 heterocycles. The van der Waals surface area contributed by atoms with Crippen LogP contribution in [0.5, 0.6) is 5.88 Å². The van der Waals surface area contributed by atoms with E-state index in [9.17, 15) is 5.26 Å². The number of rotatable bonds is 2. The smallest absolute Gasteiger partial charge is 0.244 e. The first-order valence-corrected chi connectivity index (χ1v) is 7.35. The molecule has 3 rings (SSSR count). The zero-order chi connectivity index (χ0) is 15.0. The van der Waals surface area contributed by atoms with Gasteiger partial charge in [-0.05, 0) is 24.1 Å². The molecule has 1 aromatic heterocycles. The van der Waals surface area contributed by atoms with Gasteiger partial charge in [-0.15, -0.1) is 5.10 Å². The molecule has 3 N–H and O–H groups in total. The van der Waals surface area contributed by atoms with Crippen molar-refractivity contribution in [3.63, 3.8) is 0 Å². The maximum absolute atomic E-state index is 9.47. The van der Waals surface area contributed by atoms with E-state index < -0.39 is 0 Å². The van der Waals surface area contributed by atoms with Gasteiger partial charge in [0.25, 0.3) is 0 Å². The van der Waals surface area contributed by atoms with E-state index in [0.29, 0.717) is 11.5 Å². The molecular weight excluding hydrogens is 332 g/mol. The van der Waals surface area contributed by atoms with E-state index in [1.165, 1.54) is 0 Å². The quantitative estimate of drug-likeness (QED) is 0.876. The number of ether oxygens (including phenoxy) is 1. The van der Waals surface area contributed by atoms with E-state index in [2.05, 4.69) is 32.2 Å². The van der Waals surface area contributed by atoms with E-state index in [1.807, 2.05) is 31.2 Å². The Morgan fingerprint density at radius 1 is 1.43 bits per heavy atom. The number of benzene rings is 1. The first kappa shape index (κ1) is 13.7. The van der Waals surface area contributed by atoms with E-state index in [1.54, 1.807) is 0 Å². The average Bonchev–Trinajstić information content (AvgIpc) is 2.89. The second-order valence-corrected chi connectivity index (χ2v) is 5.67. The van der Waals surface area contributed by atoms with Crippen LogP contribution in [0.3, 0.4) is 0 Å². The first-order valence-electron chi connectivity index (χ1n) is 6.55. The van der Waals surface area contributed by atoms with Gasteiger partial charge in [0.1, 0.15) is 11.6 Å². The lowest BCUT2D eigenvalue weighted by atomic mass is 9.84. The van der Waals surface area contributed by atoms with Gasteiger partial charge in [0.15, 0.2) is 0 Å². The summed E-state index contributed by atoms with van der Waals surface area (Å²) in [7, 11) is 0. The van der Waals surface area contributed by atoms with Crippen molar-refractivity contribution in [1.29, 1.82) is 5.26 Å². The molecule has 6 heteroatoms. The molecule has 0 aliphatic carbocycles. The van der Waals surface area contributed by atoms with Crippen molar-refractivity contribution in [2.75, 3.05) is 0 Å². The Kier molecular flexibility index (Phi) is 3.43. The molecule has 0 saturated heterocycles. The van der Waals surface area contributed by atoms with Gasteiger partial charge in [0.2, 0.25) is 11.8 Å². The van der Waals surface area contributed by atoms with Crippen LogP contribution in [-0.2, 0) is 6.42 Å². The lowest BCUT2D eigenvalue weighted by molar-refractivity contribution is 0.378. The lowest BCUT2D eigenvalue weighted by Crippen LogP contribution is -2.21. The van der Waals surface area contributed by atoms with Crippen LogP contribution in [0.4, 0.5) is 0 Å². The highest BCUT2D eigenvalue weighted by atomic mass is 79.9. The highest BCUT2D eigenvalue weighted by Gasteiger charge is 2.34. The van der Waals surface area contributed by atoms with Gasteiger partial charge in [0.05, 0.1) is 5.92 Å². The molecular formula is C15H13BrN4O. The number of nitrogens with zero attached hydrogens (tertiary/aromatic N) is 2. The molecule has 0 spiro atoms. The minimum Gasteiger partial charge on any atom is -0.420 e. The molecule has 0 amide bonds.